The molecule has 0 saturated carbocycles. The Balaban J connectivity index is 1.41. The molecular weight excluding hydrogens is 556 g/mol. The molecule has 1 aliphatic carbocycles. The van der Waals surface area contributed by atoms with E-state index in [1.54, 1.807) is 6.08 Å². The zero-order valence-corrected chi connectivity index (χ0v) is 26.5. The predicted molar refractivity (Wildman–Crippen MR) is 200 cm³/mol. The summed E-state index contributed by atoms with van der Waals surface area (Å²) in [5.41, 5.74) is 13.6. The van der Waals surface area contributed by atoms with Crippen LogP contribution in [0.1, 0.15) is 30.9 Å². The van der Waals surface area contributed by atoms with Crippen molar-refractivity contribution >= 4 is 33.9 Å². The zero-order chi connectivity index (χ0) is 32.1. The van der Waals surface area contributed by atoms with Crippen molar-refractivity contribution in [2.75, 3.05) is 9.80 Å². The number of anilines is 4. The van der Waals surface area contributed by atoms with Gasteiger partial charge in [-0.05, 0) is 102 Å². The van der Waals surface area contributed by atoms with Gasteiger partial charge in [0.15, 0.2) is 0 Å². The predicted octanol–water partition coefficient (Wildman–Crippen LogP) is 12.3. The first-order valence-electron chi connectivity index (χ1n) is 15.6. The Bertz CT molecular complexity index is 1840. The lowest BCUT2D eigenvalue weighted by molar-refractivity contribution is 1.07. The topological polar surface area (TPSA) is 6.48 Å². The number of hydrogen-bond acceptors (Lipinski definition) is 2. The first-order valence-corrected chi connectivity index (χ1v) is 15.6. The van der Waals surface area contributed by atoms with Gasteiger partial charge in [-0.1, -0.05) is 123 Å². The van der Waals surface area contributed by atoms with Gasteiger partial charge in [0.1, 0.15) is 0 Å². The molecule has 0 radical (unpaired) electrons. The van der Waals surface area contributed by atoms with Gasteiger partial charge in [-0.25, -0.2) is 0 Å². The van der Waals surface area contributed by atoms with Crippen LogP contribution in [-0.2, 0) is 0 Å². The van der Waals surface area contributed by atoms with Crippen molar-refractivity contribution in [3.05, 3.63) is 212 Å². The Morgan fingerprint density at radius 3 is 1.80 bits per heavy atom. The third kappa shape index (κ3) is 7.63. The summed E-state index contributed by atoms with van der Waals surface area (Å²) >= 11 is 0. The minimum atomic E-state index is 0.860. The van der Waals surface area contributed by atoms with E-state index in [9.17, 15) is 0 Å². The molecular formula is C44H40N2. The van der Waals surface area contributed by atoms with E-state index in [-0.39, 0.29) is 0 Å². The Morgan fingerprint density at radius 2 is 1.22 bits per heavy atom. The van der Waals surface area contributed by atoms with Crippen LogP contribution in [0, 0.1) is 0 Å². The Kier molecular flexibility index (Phi) is 10.8. The van der Waals surface area contributed by atoms with Gasteiger partial charge in [0.2, 0.25) is 0 Å². The average molecular weight is 597 g/mol. The van der Waals surface area contributed by atoms with Gasteiger partial charge in [0.05, 0.1) is 5.70 Å². The van der Waals surface area contributed by atoms with Gasteiger partial charge < -0.3 is 9.80 Å². The van der Waals surface area contributed by atoms with Crippen molar-refractivity contribution < 1.29 is 0 Å². The molecule has 0 spiro atoms. The minimum absolute atomic E-state index is 0.860. The van der Waals surface area contributed by atoms with Crippen LogP contribution in [0.2, 0.25) is 0 Å². The quantitative estimate of drug-likeness (QED) is 0.0965. The van der Waals surface area contributed by atoms with Crippen molar-refractivity contribution in [1.82, 2.24) is 0 Å². The molecule has 0 atom stereocenters. The van der Waals surface area contributed by atoms with Gasteiger partial charge in [-0.3, -0.25) is 0 Å². The second-order valence-electron chi connectivity index (χ2n) is 10.8. The molecule has 0 heterocycles. The summed E-state index contributed by atoms with van der Waals surface area (Å²) in [6, 6.07) is 37.9. The van der Waals surface area contributed by atoms with E-state index in [0.29, 0.717) is 0 Å². The van der Waals surface area contributed by atoms with Crippen LogP contribution in [0.25, 0.3) is 11.1 Å². The van der Waals surface area contributed by atoms with E-state index in [1.165, 1.54) is 5.70 Å². The monoisotopic (exact) mass is 596 g/mol. The van der Waals surface area contributed by atoms with Crippen LogP contribution in [0.5, 0.6) is 0 Å². The molecule has 2 nitrogen and oxygen atoms in total. The fraction of sp³-hybridized carbons (Fsp3) is 0.0682. The molecule has 0 bridgehead atoms. The number of para-hydroxylation sites is 2. The molecule has 1 aliphatic rings. The second-order valence-corrected chi connectivity index (χ2v) is 10.8. The van der Waals surface area contributed by atoms with Crippen LogP contribution < -0.4 is 9.80 Å². The standard InChI is InChI=1S/C44H40N2/c1-5-7-20-39(19-6-2)45(40-23-15-11-16-24-40)43-31-27-37(28-32-43)35(3)36(4)38-29-33-44(34-30-38)46(42-25-17-12-18-26-42)41-21-13-9-8-10-14-22-41/h5-7,9-19,21,23-34H,1,3-4,8,22H2,2H3/b13-9-,14-10-,19-6-,41-21+. The van der Waals surface area contributed by atoms with Crippen molar-refractivity contribution in [3.8, 4) is 0 Å². The highest BCUT2D eigenvalue weighted by Crippen LogP contribution is 2.36. The van der Waals surface area contributed by atoms with E-state index < -0.39 is 0 Å². The molecule has 0 aromatic heterocycles. The zero-order valence-electron chi connectivity index (χ0n) is 26.5. The highest BCUT2D eigenvalue weighted by atomic mass is 15.2. The summed E-state index contributed by atoms with van der Waals surface area (Å²) in [6.07, 6.45) is 20.5. The van der Waals surface area contributed by atoms with Gasteiger partial charge in [0.25, 0.3) is 0 Å². The van der Waals surface area contributed by atoms with E-state index in [4.69, 9.17) is 0 Å². The summed E-state index contributed by atoms with van der Waals surface area (Å²) in [4.78, 5) is 4.49. The van der Waals surface area contributed by atoms with Crippen LogP contribution >= 0.6 is 0 Å². The summed E-state index contributed by atoms with van der Waals surface area (Å²) in [6.45, 7) is 14.7. The first kappa shape index (κ1) is 31.6. The van der Waals surface area contributed by atoms with Crippen LogP contribution in [0.4, 0.5) is 22.7 Å². The molecule has 0 saturated heterocycles. The Labute approximate surface area is 274 Å². The van der Waals surface area contributed by atoms with E-state index in [1.807, 2.05) is 43.4 Å². The maximum atomic E-state index is 4.45. The Hall–Kier alpha value is -5.82. The number of rotatable bonds is 11. The summed E-state index contributed by atoms with van der Waals surface area (Å²) in [7, 11) is 0. The molecule has 2 heteroatoms. The molecule has 226 valence electrons. The third-order valence-electron chi connectivity index (χ3n) is 7.73. The molecule has 0 fully saturated rings. The number of hydrogen-bond donors (Lipinski definition) is 0. The van der Waals surface area contributed by atoms with Crippen LogP contribution in [0.3, 0.4) is 0 Å². The SMILES string of the molecule is C=CC=C=C(/C=C\C)N(c1ccccc1)c1ccc(C(=C)C(=C)c2ccc(N(/C3=C/C=C\C/C=C\C3)c3ccccc3)cc2)cc1. The normalized spacial score (nSPS) is 14.8. The van der Waals surface area contributed by atoms with Crippen LogP contribution in [0.15, 0.2) is 201 Å². The number of allylic oxidation sites excluding steroid dienone is 10. The Morgan fingerprint density at radius 1 is 0.674 bits per heavy atom. The molecule has 0 N–H and O–H groups in total. The lowest BCUT2D eigenvalue weighted by atomic mass is 9.94. The number of nitrogens with zero attached hydrogens (tertiary/aromatic N) is 2. The molecule has 5 rings (SSSR count). The second kappa shape index (κ2) is 15.8. The minimum Gasteiger partial charge on any atom is -0.314 e. The molecule has 4 aromatic carbocycles. The van der Waals surface area contributed by atoms with Gasteiger partial charge in [0, 0.05) is 34.9 Å². The highest BCUT2D eigenvalue weighted by Gasteiger charge is 2.16. The average Bonchev–Trinajstić information content (AvgIpc) is 3.09. The van der Waals surface area contributed by atoms with Crippen molar-refractivity contribution in [3.63, 3.8) is 0 Å². The molecule has 4 aromatic rings. The third-order valence-corrected chi connectivity index (χ3v) is 7.73. The lowest BCUT2D eigenvalue weighted by Crippen LogP contribution is -2.16. The maximum absolute atomic E-state index is 4.45. The molecule has 46 heavy (non-hydrogen) atoms. The summed E-state index contributed by atoms with van der Waals surface area (Å²) < 4.78 is 0. The smallest absolute Gasteiger partial charge is 0.0887 e. The summed E-state index contributed by atoms with van der Waals surface area (Å²) in [5.74, 6) is 0. The first-order chi connectivity index (χ1) is 22.6. The fourth-order valence-electron chi connectivity index (χ4n) is 5.39. The van der Waals surface area contributed by atoms with Gasteiger partial charge >= 0.3 is 0 Å². The van der Waals surface area contributed by atoms with Crippen LogP contribution in [-0.4, -0.2) is 0 Å². The molecule has 0 unspecified atom stereocenters. The van der Waals surface area contributed by atoms with Gasteiger partial charge in [-0.2, -0.15) is 0 Å². The van der Waals surface area contributed by atoms with Gasteiger partial charge in [-0.15, -0.1) is 0 Å². The van der Waals surface area contributed by atoms with Crippen molar-refractivity contribution in [2.24, 2.45) is 0 Å². The maximum Gasteiger partial charge on any atom is 0.0887 e. The lowest BCUT2D eigenvalue weighted by Gasteiger charge is -2.28. The fourth-order valence-corrected chi connectivity index (χ4v) is 5.39. The van der Waals surface area contributed by atoms with E-state index in [2.05, 4.69) is 157 Å². The van der Waals surface area contributed by atoms with Crippen molar-refractivity contribution in [1.29, 1.82) is 0 Å². The molecule has 0 amide bonds. The largest absolute Gasteiger partial charge is 0.314 e. The highest BCUT2D eigenvalue weighted by molar-refractivity contribution is 6.03. The van der Waals surface area contributed by atoms with E-state index >= 15 is 0 Å². The van der Waals surface area contributed by atoms with E-state index in [0.717, 1.165) is 63.6 Å². The molecule has 0 aliphatic heterocycles. The van der Waals surface area contributed by atoms with Crippen molar-refractivity contribution in [2.45, 2.75) is 19.8 Å². The number of benzene rings is 4. The summed E-state index contributed by atoms with van der Waals surface area (Å²) in [5, 5.41) is 0.